The summed E-state index contributed by atoms with van der Waals surface area (Å²) in [4.78, 5) is 28.8. The minimum atomic E-state index is -0.387. The van der Waals surface area contributed by atoms with Gasteiger partial charge in [-0.15, -0.1) is 0 Å². The van der Waals surface area contributed by atoms with E-state index in [-0.39, 0.29) is 23.6 Å². The number of H-pyrrole nitrogens is 1. The molecule has 3 saturated carbocycles. The molecule has 0 aromatic carbocycles. The highest BCUT2D eigenvalue weighted by molar-refractivity contribution is 5.92. The average Bonchev–Trinajstić information content (AvgIpc) is 3.17. The Morgan fingerprint density at radius 1 is 1.21 bits per heavy atom. The molecule has 0 aliphatic heterocycles. The van der Waals surface area contributed by atoms with E-state index in [4.69, 9.17) is 9.72 Å². The molecule has 3 aromatic heterocycles. The number of aromatic nitrogens is 4. The lowest BCUT2D eigenvalue weighted by Crippen LogP contribution is -2.45. The minimum Gasteiger partial charge on any atom is -0.469 e. The summed E-state index contributed by atoms with van der Waals surface area (Å²) in [5, 5.41) is 0.681. The number of carbonyl (C=O) groups excluding carboxylic acids is 1. The number of hydrogen-bond donors (Lipinski definition) is 1. The van der Waals surface area contributed by atoms with Gasteiger partial charge >= 0.3 is 5.97 Å². The number of fused-ring (bicyclic) bond motifs is 4. The number of methoxy groups -OCH3 is 1. The molecule has 2 atom stereocenters. The SMILES string of the molecule is COC(=O)[C@H]1C2CCC(CC2)[C@@H]1Cc1cncc(-c2c[nH]c3ncc(F)cc23)n1. The van der Waals surface area contributed by atoms with Crippen LogP contribution >= 0.6 is 0 Å². The highest BCUT2D eigenvalue weighted by atomic mass is 19.1. The molecule has 150 valence electrons. The number of hydrogen-bond acceptors (Lipinski definition) is 5. The van der Waals surface area contributed by atoms with E-state index >= 15 is 0 Å². The van der Waals surface area contributed by atoms with Crippen molar-refractivity contribution in [2.45, 2.75) is 32.1 Å². The molecule has 6 nitrogen and oxygen atoms in total. The zero-order valence-corrected chi connectivity index (χ0v) is 16.3. The molecule has 3 heterocycles. The third-order valence-electron chi connectivity index (χ3n) is 6.77. The van der Waals surface area contributed by atoms with E-state index in [1.54, 1.807) is 18.6 Å². The van der Waals surface area contributed by atoms with Crippen LogP contribution in [0.4, 0.5) is 4.39 Å². The van der Waals surface area contributed by atoms with Gasteiger partial charge in [0.25, 0.3) is 0 Å². The van der Waals surface area contributed by atoms with Crippen LogP contribution in [-0.2, 0) is 16.0 Å². The first-order chi connectivity index (χ1) is 14.1. The number of carbonyl (C=O) groups is 1. The Morgan fingerprint density at radius 2 is 2.00 bits per heavy atom. The minimum absolute atomic E-state index is 0.0515. The normalized spacial score (nSPS) is 26.0. The predicted octanol–water partition coefficient (Wildman–Crippen LogP) is 3.93. The van der Waals surface area contributed by atoms with Gasteiger partial charge in [0.2, 0.25) is 0 Å². The summed E-state index contributed by atoms with van der Waals surface area (Å²) >= 11 is 0. The Morgan fingerprint density at radius 3 is 2.79 bits per heavy atom. The molecule has 0 radical (unpaired) electrons. The Balaban J connectivity index is 1.46. The molecule has 1 N–H and O–H groups in total. The fourth-order valence-corrected chi connectivity index (χ4v) is 5.44. The predicted molar refractivity (Wildman–Crippen MR) is 105 cm³/mol. The lowest BCUT2D eigenvalue weighted by molar-refractivity contribution is -0.156. The van der Waals surface area contributed by atoms with E-state index in [1.165, 1.54) is 32.2 Å². The Hall–Kier alpha value is -2.83. The highest BCUT2D eigenvalue weighted by Gasteiger charge is 2.47. The van der Waals surface area contributed by atoms with Crippen LogP contribution in [0, 0.1) is 29.5 Å². The van der Waals surface area contributed by atoms with Crippen molar-refractivity contribution in [3.8, 4) is 11.3 Å². The van der Waals surface area contributed by atoms with Gasteiger partial charge in [-0.1, -0.05) is 0 Å². The number of nitrogens with zero attached hydrogens (tertiary/aromatic N) is 3. The van der Waals surface area contributed by atoms with Crippen LogP contribution in [0.15, 0.2) is 30.9 Å². The highest BCUT2D eigenvalue weighted by Crippen LogP contribution is 2.50. The largest absolute Gasteiger partial charge is 0.469 e. The molecule has 3 aliphatic carbocycles. The number of rotatable bonds is 4. The standard InChI is InChI=1S/C22H23FN4O2/c1-29-22(28)20-13-4-2-12(3-5-13)16(20)7-15-9-24-11-19(27-15)18-10-26-21-17(18)6-14(23)8-25-21/h6,8-13,16,20H,2-5,7H2,1H3,(H,25,26)/t12?,13?,16-,20-/m0/s1. The smallest absolute Gasteiger partial charge is 0.309 e. The van der Waals surface area contributed by atoms with Gasteiger partial charge in [-0.2, -0.15) is 0 Å². The fourth-order valence-electron chi connectivity index (χ4n) is 5.44. The summed E-state index contributed by atoms with van der Waals surface area (Å²) in [6.45, 7) is 0. The lowest BCUT2D eigenvalue weighted by atomic mass is 9.57. The maximum absolute atomic E-state index is 13.7. The summed E-state index contributed by atoms with van der Waals surface area (Å²) in [5.41, 5.74) is 2.92. The van der Waals surface area contributed by atoms with Crippen molar-refractivity contribution >= 4 is 17.0 Å². The van der Waals surface area contributed by atoms with Gasteiger partial charge in [0.05, 0.1) is 36.8 Å². The van der Waals surface area contributed by atoms with Crippen LogP contribution in [0.2, 0.25) is 0 Å². The van der Waals surface area contributed by atoms with Crippen molar-refractivity contribution in [1.82, 2.24) is 19.9 Å². The second-order valence-corrected chi connectivity index (χ2v) is 8.24. The van der Waals surface area contributed by atoms with Crippen LogP contribution < -0.4 is 0 Å². The first-order valence-electron chi connectivity index (χ1n) is 10.2. The van der Waals surface area contributed by atoms with Crippen LogP contribution in [0.3, 0.4) is 0 Å². The summed E-state index contributed by atoms with van der Waals surface area (Å²) in [5.74, 6) is 0.649. The summed E-state index contributed by atoms with van der Waals surface area (Å²) in [6.07, 6.45) is 11.7. The summed E-state index contributed by atoms with van der Waals surface area (Å²) in [6, 6.07) is 1.45. The third-order valence-corrected chi connectivity index (χ3v) is 6.77. The summed E-state index contributed by atoms with van der Waals surface area (Å²) < 4.78 is 18.8. The third kappa shape index (κ3) is 3.18. The second kappa shape index (κ2) is 7.21. The monoisotopic (exact) mass is 394 g/mol. The van der Waals surface area contributed by atoms with Crippen LogP contribution in [0.1, 0.15) is 31.4 Å². The molecule has 3 aromatic rings. The number of esters is 1. The van der Waals surface area contributed by atoms with Crippen LogP contribution in [0.25, 0.3) is 22.3 Å². The molecular weight excluding hydrogens is 371 g/mol. The van der Waals surface area contributed by atoms with Crippen molar-refractivity contribution in [2.24, 2.45) is 23.7 Å². The van der Waals surface area contributed by atoms with E-state index in [2.05, 4.69) is 15.0 Å². The number of aromatic amines is 1. The summed E-state index contributed by atoms with van der Waals surface area (Å²) in [7, 11) is 1.48. The maximum Gasteiger partial charge on any atom is 0.309 e. The quantitative estimate of drug-likeness (QED) is 0.678. The van der Waals surface area contributed by atoms with E-state index in [1.807, 2.05) is 0 Å². The molecule has 3 aliphatic rings. The Bertz CT molecular complexity index is 1060. The second-order valence-electron chi connectivity index (χ2n) is 8.24. The fraction of sp³-hybridized carbons (Fsp3) is 0.455. The topological polar surface area (TPSA) is 80.8 Å². The molecule has 0 spiro atoms. The number of pyridine rings is 1. The van der Waals surface area contributed by atoms with Gasteiger partial charge in [-0.3, -0.25) is 9.78 Å². The van der Waals surface area contributed by atoms with E-state index < -0.39 is 0 Å². The van der Waals surface area contributed by atoms with Gasteiger partial charge in [0, 0.05) is 23.3 Å². The number of nitrogens with one attached hydrogen (secondary N) is 1. The Kier molecular flexibility index (Phi) is 4.53. The first kappa shape index (κ1) is 18.2. The van der Waals surface area contributed by atoms with Crippen LogP contribution in [-0.4, -0.2) is 33.0 Å². The molecular formula is C22H23FN4O2. The Labute approximate surface area is 167 Å². The van der Waals surface area contributed by atoms with Gasteiger partial charge < -0.3 is 9.72 Å². The van der Waals surface area contributed by atoms with E-state index in [0.717, 1.165) is 24.1 Å². The molecule has 6 rings (SSSR count). The first-order valence-corrected chi connectivity index (χ1v) is 10.2. The average molecular weight is 394 g/mol. The van der Waals surface area contributed by atoms with Gasteiger partial charge in [-0.05, 0) is 55.9 Å². The van der Waals surface area contributed by atoms with Crippen LogP contribution in [0.5, 0.6) is 0 Å². The molecule has 2 bridgehead atoms. The zero-order valence-electron chi connectivity index (χ0n) is 16.3. The molecule has 7 heteroatoms. The van der Waals surface area contributed by atoms with Gasteiger partial charge in [0.1, 0.15) is 11.5 Å². The van der Waals surface area contributed by atoms with Crippen molar-refractivity contribution in [3.63, 3.8) is 0 Å². The van der Waals surface area contributed by atoms with Gasteiger partial charge in [0.15, 0.2) is 0 Å². The van der Waals surface area contributed by atoms with Crippen molar-refractivity contribution in [2.75, 3.05) is 7.11 Å². The van der Waals surface area contributed by atoms with E-state index in [0.29, 0.717) is 35.0 Å². The number of halogens is 1. The molecule has 3 fully saturated rings. The molecule has 29 heavy (non-hydrogen) atoms. The van der Waals surface area contributed by atoms with Crippen molar-refractivity contribution < 1.29 is 13.9 Å². The number of ether oxygens (including phenoxy) is 1. The molecule has 0 saturated heterocycles. The zero-order chi connectivity index (χ0) is 20.0. The molecule has 0 unspecified atom stereocenters. The van der Waals surface area contributed by atoms with Gasteiger partial charge in [-0.25, -0.2) is 14.4 Å². The lowest BCUT2D eigenvalue weighted by Gasteiger charge is -2.47. The maximum atomic E-state index is 13.7. The van der Waals surface area contributed by atoms with Crippen molar-refractivity contribution in [3.05, 3.63) is 42.4 Å². The van der Waals surface area contributed by atoms with E-state index in [9.17, 15) is 9.18 Å². The van der Waals surface area contributed by atoms with Crippen molar-refractivity contribution in [1.29, 1.82) is 0 Å². The molecule has 0 amide bonds.